The molecule has 1 saturated heterocycles. The topological polar surface area (TPSA) is 63.7 Å². The summed E-state index contributed by atoms with van der Waals surface area (Å²) in [6.07, 6.45) is 1.61. The number of hydrogen-bond acceptors (Lipinski definition) is 5. The second-order valence-electron chi connectivity index (χ2n) is 5.50. The van der Waals surface area contributed by atoms with Gasteiger partial charge in [-0.15, -0.1) is 0 Å². The number of nitrogens with zero attached hydrogens (tertiary/aromatic N) is 2. The van der Waals surface area contributed by atoms with Gasteiger partial charge in [0.2, 0.25) is 5.88 Å². The molecule has 0 aliphatic carbocycles. The van der Waals surface area contributed by atoms with Gasteiger partial charge in [0.1, 0.15) is 5.56 Å². The Kier molecular flexibility index (Phi) is 5.88. The van der Waals surface area contributed by atoms with Crippen molar-refractivity contribution in [2.75, 3.05) is 43.1 Å². The van der Waals surface area contributed by atoms with E-state index < -0.39 is 0 Å². The fourth-order valence-corrected chi connectivity index (χ4v) is 3.05. The van der Waals surface area contributed by atoms with Crippen molar-refractivity contribution in [2.45, 2.75) is 6.92 Å². The molecule has 1 fully saturated rings. The quantitative estimate of drug-likeness (QED) is 0.826. The van der Waals surface area contributed by atoms with Gasteiger partial charge in [0.05, 0.1) is 31.2 Å². The van der Waals surface area contributed by atoms with Crippen molar-refractivity contribution in [3.63, 3.8) is 0 Å². The molecule has 25 heavy (non-hydrogen) atoms. The summed E-state index contributed by atoms with van der Waals surface area (Å²) in [6, 6.07) is 9.30. The monoisotopic (exact) mass is 405 g/mol. The lowest BCUT2D eigenvalue weighted by molar-refractivity contribution is 0.102. The van der Waals surface area contributed by atoms with Crippen LogP contribution in [-0.2, 0) is 4.74 Å². The second kappa shape index (κ2) is 8.31. The third kappa shape index (κ3) is 4.29. The molecular formula is C18H20BrN3O3. The number of aromatic nitrogens is 1. The molecule has 6 nitrogen and oxygen atoms in total. The maximum atomic E-state index is 12.8. The summed E-state index contributed by atoms with van der Waals surface area (Å²) < 4.78 is 11.8. The molecule has 1 aliphatic rings. The van der Waals surface area contributed by atoms with Gasteiger partial charge in [0, 0.05) is 23.8 Å². The number of ether oxygens (including phenoxy) is 2. The van der Waals surface area contributed by atoms with E-state index in [0.29, 0.717) is 31.3 Å². The van der Waals surface area contributed by atoms with E-state index in [1.807, 2.05) is 25.1 Å². The van der Waals surface area contributed by atoms with E-state index in [-0.39, 0.29) is 5.91 Å². The number of anilines is 2. The van der Waals surface area contributed by atoms with E-state index in [9.17, 15) is 4.79 Å². The highest BCUT2D eigenvalue weighted by Gasteiger charge is 2.19. The summed E-state index contributed by atoms with van der Waals surface area (Å²) in [6.45, 7) is 5.26. The van der Waals surface area contributed by atoms with Crippen molar-refractivity contribution < 1.29 is 14.3 Å². The van der Waals surface area contributed by atoms with Crippen LogP contribution in [0.5, 0.6) is 5.88 Å². The van der Waals surface area contributed by atoms with E-state index >= 15 is 0 Å². The van der Waals surface area contributed by atoms with Gasteiger partial charge < -0.3 is 19.7 Å². The van der Waals surface area contributed by atoms with Crippen molar-refractivity contribution in [3.8, 4) is 5.88 Å². The molecule has 1 N–H and O–H groups in total. The molecule has 3 rings (SSSR count). The van der Waals surface area contributed by atoms with Gasteiger partial charge in [-0.3, -0.25) is 4.79 Å². The highest BCUT2D eigenvalue weighted by atomic mass is 79.9. The van der Waals surface area contributed by atoms with E-state index in [4.69, 9.17) is 9.47 Å². The number of benzene rings is 1. The first-order valence-electron chi connectivity index (χ1n) is 8.20. The third-order valence-corrected chi connectivity index (χ3v) is 4.35. The Bertz CT molecular complexity index is 748. The molecule has 2 heterocycles. The summed E-state index contributed by atoms with van der Waals surface area (Å²) in [5.74, 6) is 0.0922. The average Bonchev–Trinajstić information content (AvgIpc) is 2.63. The maximum Gasteiger partial charge on any atom is 0.261 e. The largest absolute Gasteiger partial charge is 0.477 e. The summed E-state index contributed by atoms with van der Waals surface area (Å²) >= 11 is 3.47. The molecule has 7 heteroatoms. The molecule has 2 aromatic rings. The Morgan fingerprint density at radius 1 is 1.36 bits per heavy atom. The first kappa shape index (κ1) is 17.7. The number of nitrogens with one attached hydrogen (secondary N) is 1. The molecule has 0 unspecified atom stereocenters. The van der Waals surface area contributed by atoms with Gasteiger partial charge in [0.25, 0.3) is 5.91 Å². The van der Waals surface area contributed by atoms with Gasteiger partial charge >= 0.3 is 0 Å². The van der Waals surface area contributed by atoms with Crippen molar-refractivity contribution in [1.82, 2.24) is 4.98 Å². The number of carbonyl (C=O) groups is 1. The van der Waals surface area contributed by atoms with Crippen LogP contribution in [0.3, 0.4) is 0 Å². The lowest BCUT2D eigenvalue weighted by Gasteiger charge is -2.30. The van der Waals surface area contributed by atoms with Crippen LogP contribution in [0.4, 0.5) is 11.4 Å². The fourth-order valence-electron chi connectivity index (χ4n) is 2.69. The van der Waals surface area contributed by atoms with E-state index in [1.165, 1.54) is 0 Å². The van der Waals surface area contributed by atoms with Crippen LogP contribution in [0.2, 0.25) is 0 Å². The molecule has 0 atom stereocenters. The van der Waals surface area contributed by atoms with Crippen LogP contribution in [0.15, 0.2) is 41.0 Å². The molecule has 132 valence electrons. The lowest BCUT2D eigenvalue weighted by Crippen LogP contribution is -2.36. The van der Waals surface area contributed by atoms with Gasteiger partial charge in [0.15, 0.2) is 0 Å². The normalized spacial score (nSPS) is 14.2. The second-order valence-corrected chi connectivity index (χ2v) is 6.42. The molecule has 0 radical (unpaired) electrons. The van der Waals surface area contributed by atoms with Crippen LogP contribution in [-0.4, -0.2) is 43.8 Å². The van der Waals surface area contributed by atoms with Crippen molar-refractivity contribution in [3.05, 3.63) is 46.6 Å². The molecule has 1 amide bonds. The summed E-state index contributed by atoms with van der Waals surface area (Å²) in [4.78, 5) is 19.1. The van der Waals surface area contributed by atoms with Crippen LogP contribution in [0.1, 0.15) is 17.3 Å². The Morgan fingerprint density at radius 2 is 2.16 bits per heavy atom. The van der Waals surface area contributed by atoms with Gasteiger partial charge in [-0.2, -0.15) is 0 Å². The van der Waals surface area contributed by atoms with Gasteiger partial charge in [-0.25, -0.2) is 4.98 Å². The average molecular weight is 406 g/mol. The molecule has 1 aromatic carbocycles. The predicted molar refractivity (Wildman–Crippen MR) is 101 cm³/mol. The molecule has 0 saturated carbocycles. The Morgan fingerprint density at radius 3 is 2.92 bits per heavy atom. The molecule has 1 aliphatic heterocycles. The highest BCUT2D eigenvalue weighted by Crippen LogP contribution is 2.31. The minimum atomic E-state index is -0.246. The number of pyridine rings is 1. The zero-order chi connectivity index (χ0) is 17.6. The van der Waals surface area contributed by atoms with Gasteiger partial charge in [-0.05, 0) is 37.3 Å². The number of morpholine rings is 1. The van der Waals surface area contributed by atoms with E-state index in [0.717, 1.165) is 28.9 Å². The molecule has 1 aromatic heterocycles. The number of amides is 1. The Hall–Kier alpha value is -2.12. The maximum absolute atomic E-state index is 12.8. The lowest BCUT2D eigenvalue weighted by atomic mass is 10.2. The molecular weight excluding hydrogens is 386 g/mol. The number of halogens is 1. The standard InChI is InChI=1S/C18H20BrN3O3/c1-2-25-18-14(4-3-7-20-18)17(23)21-15-12-13(19)5-6-16(15)22-8-10-24-11-9-22/h3-7,12H,2,8-11H2,1H3,(H,21,23). The van der Waals surface area contributed by atoms with Crippen LogP contribution in [0.25, 0.3) is 0 Å². The van der Waals surface area contributed by atoms with Crippen molar-refractivity contribution in [2.24, 2.45) is 0 Å². The van der Waals surface area contributed by atoms with Gasteiger partial charge in [-0.1, -0.05) is 15.9 Å². The van der Waals surface area contributed by atoms with E-state index in [1.54, 1.807) is 18.3 Å². The molecule has 0 spiro atoms. The predicted octanol–water partition coefficient (Wildman–Crippen LogP) is 3.33. The number of hydrogen-bond donors (Lipinski definition) is 1. The highest BCUT2D eigenvalue weighted by molar-refractivity contribution is 9.10. The minimum absolute atomic E-state index is 0.246. The minimum Gasteiger partial charge on any atom is -0.477 e. The SMILES string of the molecule is CCOc1ncccc1C(=O)Nc1cc(Br)ccc1N1CCOCC1. The third-order valence-electron chi connectivity index (χ3n) is 3.86. The summed E-state index contributed by atoms with van der Waals surface area (Å²) in [5.41, 5.74) is 2.13. The first-order chi connectivity index (χ1) is 12.2. The number of carbonyl (C=O) groups excluding carboxylic acids is 1. The van der Waals surface area contributed by atoms with Crippen LogP contribution < -0.4 is 15.0 Å². The van der Waals surface area contributed by atoms with E-state index in [2.05, 4.69) is 31.1 Å². The Labute approximate surface area is 155 Å². The summed E-state index contributed by atoms with van der Waals surface area (Å²) in [7, 11) is 0. The van der Waals surface area contributed by atoms with Crippen LogP contribution >= 0.6 is 15.9 Å². The van der Waals surface area contributed by atoms with Crippen LogP contribution in [0, 0.1) is 0 Å². The number of rotatable bonds is 5. The zero-order valence-corrected chi connectivity index (χ0v) is 15.6. The van der Waals surface area contributed by atoms with Crippen molar-refractivity contribution in [1.29, 1.82) is 0 Å². The summed E-state index contributed by atoms with van der Waals surface area (Å²) in [5, 5.41) is 2.99. The van der Waals surface area contributed by atoms with Crippen molar-refractivity contribution >= 4 is 33.2 Å². The zero-order valence-electron chi connectivity index (χ0n) is 14.0. The molecule has 0 bridgehead atoms. The smallest absolute Gasteiger partial charge is 0.261 e. The fraction of sp³-hybridized carbons (Fsp3) is 0.333. The Balaban J connectivity index is 1.87. The first-order valence-corrected chi connectivity index (χ1v) is 8.99.